The van der Waals surface area contributed by atoms with E-state index in [4.69, 9.17) is 5.73 Å². The van der Waals surface area contributed by atoms with Crippen LogP contribution in [0.15, 0.2) is 17.1 Å². The lowest BCUT2D eigenvalue weighted by Crippen LogP contribution is -2.54. The molecule has 4 rings (SSSR count). The maximum Gasteiger partial charge on any atom is 0.341 e. The molecule has 1 aromatic heterocycles. The molecular formula is C20H24FN3O3. The molecule has 1 aliphatic heterocycles. The summed E-state index contributed by atoms with van der Waals surface area (Å²) in [7, 11) is 0. The van der Waals surface area contributed by atoms with Crippen LogP contribution in [-0.2, 0) is 0 Å². The van der Waals surface area contributed by atoms with Crippen LogP contribution in [0.2, 0.25) is 0 Å². The Balaban J connectivity index is 1.87. The first-order valence-electron chi connectivity index (χ1n) is 9.45. The highest BCUT2D eigenvalue weighted by Gasteiger charge is 2.35. The van der Waals surface area contributed by atoms with Crippen molar-refractivity contribution in [3.63, 3.8) is 0 Å². The van der Waals surface area contributed by atoms with Crippen LogP contribution in [0.3, 0.4) is 0 Å². The molecule has 1 aromatic carbocycles. The zero-order valence-corrected chi connectivity index (χ0v) is 15.5. The van der Waals surface area contributed by atoms with Crippen molar-refractivity contribution in [2.45, 2.75) is 45.2 Å². The molecule has 2 heterocycles. The second kappa shape index (κ2) is 6.34. The van der Waals surface area contributed by atoms with Crippen molar-refractivity contribution in [1.82, 2.24) is 4.57 Å². The second-order valence-corrected chi connectivity index (χ2v) is 7.78. The monoisotopic (exact) mass is 373 g/mol. The average Bonchev–Trinajstić information content (AvgIpc) is 3.41. The van der Waals surface area contributed by atoms with Gasteiger partial charge in [0, 0.05) is 42.7 Å². The Kier molecular flexibility index (Phi) is 4.22. The van der Waals surface area contributed by atoms with Gasteiger partial charge in [0.25, 0.3) is 0 Å². The number of aromatic carboxylic acids is 1. The second-order valence-electron chi connectivity index (χ2n) is 7.78. The third-order valence-corrected chi connectivity index (χ3v) is 5.95. The molecule has 0 bridgehead atoms. The van der Waals surface area contributed by atoms with Gasteiger partial charge in [-0.15, -0.1) is 0 Å². The van der Waals surface area contributed by atoms with Crippen molar-refractivity contribution in [2.75, 3.05) is 18.0 Å². The van der Waals surface area contributed by atoms with Crippen molar-refractivity contribution < 1.29 is 14.3 Å². The van der Waals surface area contributed by atoms with Gasteiger partial charge in [-0.25, -0.2) is 9.18 Å². The molecule has 2 fully saturated rings. The van der Waals surface area contributed by atoms with E-state index in [1.807, 2.05) is 23.3 Å². The molecule has 0 amide bonds. The van der Waals surface area contributed by atoms with Crippen LogP contribution in [0, 0.1) is 18.7 Å². The van der Waals surface area contributed by atoms with Crippen molar-refractivity contribution >= 4 is 22.6 Å². The van der Waals surface area contributed by atoms with Crippen molar-refractivity contribution in [2.24, 2.45) is 11.7 Å². The number of halogens is 1. The number of anilines is 1. The molecule has 1 unspecified atom stereocenters. The van der Waals surface area contributed by atoms with Crippen LogP contribution in [0.4, 0.5) is 10.1 Å². The molecule has 2 aliphatic rings. The number of pyridine rings is 1. The smallest absolute Gasteiger partial charge is 0.341 e. The summed E-state index contributed by atoms with van der Waals surface area (Å²) in [5, 5.41) is 9.50. The minimum Gasteiger partial charge on any atom is -0.477 e. The number of aryl methyl sites for hydroxylation is 1. The molecule has 2 aromatic rings. The number of hydrogen-bond donors (Lipinski definition) is 2. The molecule has 3 N–H and O–H groups in total. The summed E-state index contributed by atoms with van der Waals surface area (Å²) in [6, 6.07) is 1.48. The van der Waals surface area contributed by atoms with E-state index in [2.05, 4.69) is 0 Å². The van der Waals surface area contributed by atoms with Crippen LogP contribution in [-0.4, -0.2) is 34.8 Å². The average molecular weight is 373 g/mol. The summed E-state index contributed by atoms with van der Waals surface area (Å²) >= 11 is 0. The molecule has 1 aliphatic carbocycles. The SMILES string of the molecule is CCC(N)C1CN(c2c(F)cc3c(=O)c(C(=O)O)cn(C4CC4)c3c2C)C1. The minimum atomic E-state index is -1.28. The Morgan fingerprint density at radius 2 is 2.07 bits per heavy atom. The summed E-state index contributed by atoms with van der Waals surface area (Å²) in [6.45, 7) is 5.24. The summed E-state index contributed by atoms with van der Waals surface area (Å²) < 4.78 is 16.8. The molecule has 27 heavy (non-hydrogen) atoms. The number of hydrogen-bond acceptors (Lipinski definition) is 4. The Labute approximate surface area is 156 Å². The fourth-order valence-electron chi connectivity index (χ4n) is 4.15. The summed E-state index contributed by atoms with van der Waals surface area (Å²) in [5.41, 5.74) is 7.00. The first-order chi connectivity index (χ1) is 12.8. The number of aromatic nitrogens is 1. The molecule has 1 atom stereocenters. The number of carbonyl (C=O) groups is 1. The van der Waals surface area contributed by atoms with E-state index in [0.717, 1.165) is 19.3 Å². The third-order valence-electron chi connectivity index (χ3n) is 5.95. The fraction of sp³-hybridized carbons (Fsp3) is 0.500. The number of benzene rings is 1. The lowest BCUT2D eigenvalue weighted by molar-refractivity contribution is 0.0695. The van der Waals surface area contributed by atoms with E-state index in [1.165, 1.54) is 12.3 Å². The highest BCUT2D eigenvalue weighted by atomic mass is 19.1. The van der Waals surface area contributed by atoms with E-state index in [1.54, 1.807) is 0 Å². The number of nitrogens with zero attached hydrogens (tertiary/aromatic N) is 2. The zero-order valence-electron chi connectivity index (χ0n) is 15.5. The van der Waals surface area contributed by atoms with Gasteiger partial charge in [-0.2, -0.15) is 0 Å². The van der Waals surface area contributed by atoms with Gasteiger partial charge in [0.05, 0.1) is 11.2 Å². The molecule has 6 nitrogen and oxygen atoms in total. The highest BCUT2D eigenvalue weighted by molar-refractivity contribution is 5.95. The quantitative estimate of drug-likeness (QED) is 0.841. The maximum absolute atomic E-state index is 15.0. The van der Waals surface area contributed by atoms with Gasteiger partial charge in [-0.05, 0) is 37.8 Å². The van der Waals surface area contributed by atoms with Crippen LogP contribution >= 0.6 is 0 Å². The first-order valence-corrected chi connectivity index (χ1v) is 9.45. The fourth-order valence-corrected chi connectivity index (χ4v) is 4.15. The Bertz CT molecular complexity index is 990. The first kappa shape index (κ1) is 18.0. The lowest BCUT2D eigenvalue weighted by Gasteiger charge is -2.44. The van der Waals surface area contributed by atoms with E-state index in [9.17, 15) is 19.1 Å². The van der Waals surface area contributed by atoms with Gasteiger partial charge >= 0.3 is 5.97 Å². The number of carboxylic acid groups (broad SMARTS) is 1. The molecular weight excluding hydrogens is 349 g/mol. The molecule has 7 heteroatoms. The van der Waals surface area contributed by atoms with Gasteiger partial charge in [0.1, 0.15) is 11.4 Å². The van der Waals surface area contributed by atoms with Gasteiger partial charge < -0.3 is 20.3 Å². The van der Waals surface area contributed by atoms with Crippen molar-refractivity contribution in [3.8, 4) is 0 Å². The Morgan fingerprint density at radius 3 is 2.63 bits per heavy atom. The van der Waals surface area contributed by atoms with Gasteiger partial charge in [0.15, 0.2) is 0 Å². The molecule has 0 radical (unpaired) electrons. The molecule has 144 valence electrons. The predicted molar refractivity (Wildman–Crippen MR) is 102 cm³/mol. The van der Waals surface area contributed by atoms with Crippen LogP contribution in [0.1, 0.15) is 48.1 Å². The van der Waals surface area contributed by atoms with E-state index in [-0.39, 0.29) is 23.0 Å². The molecule has 0 spiro atoms. The summed E-state index contributed by atoms with van der Waals surface area (Å²) in [4.78, 5) is 26.1. The van der Waals surface area contributed by atoms with E-state index in [0.29, 0.717) is 35.8 Å². The predicted octanol–water partition coefficient (Wildman–Crippen LogP) is 2.66. The van der Waals surface area contributed by atoms with E-state index >= 15 is 0 Å². The number of nitrogens with two attached hydrogens (primary N) is 1. The normalized spacial score (nSPS) is 18.6. The third kappa shape index (κ3) is 2.81. The standard InChI is InChI=1S/C20H24FN3O3/c1-3-16(22)11-7-23(8-11)18-10(2)17-13(6-15(18)21)19(25)14(20(26)27)9-24(17)12-4-5-12/h6,9,11-12,16H,3-5,7-8,22H2,1-2H3,(H,26,27). The summed E-state index contributed by atoms with van der Waals surface area (Å²) in [5.74, 6) is -1.42. The molecule has 1 saturated carbocycles. The maximum atomic E-state index is 15.0. The van der Waals surface area contributed by atoms with Gasteiger partial charge in [0.2, 0.25) is 5.43 Å². The Hall–Kier alpha value is -2.41. The summed E-state index contributed by atoms with van der Waals surface area (Å²) in [6.07, 6.45) is 4.17. The molecule has 1 saturated heterocycles. The van der Waals surface area contributed by atoms with Crippen molar-refractivity contribution in [1.29, 1.82) is 0 Å². The number of rotatable bonds is 5. The van der Waals surface area contributed by atoms with Crippen LogP contribution in [0.25, 0.3) is 10.9 Å². The number of carboxylic acids is 1. The lowest BCUT2D eigenvalue weighted by atomic mass is 9.89. The van der Waals surface area contributed by atoms with E-state index < -0.39 is 17.2 Å². The topological polar surface area (TPSA) is 88.6 Å². The van der Waals surface area contributed by atoms with Gasteiger partial charge in [-0.3, -0.25) is 4.79 Å². The van der Waals surface area contributed by atoms with Crippen LogP contribution in [0.5, 0.6) is 0 Å². The minimum absolute atomic E-state index is 0.104. The Morgan fingerprint density at radius 1 is 1.41 bits per heavy atom. The van der Waals surface area contributed by atoms with Gasteiger partial charge in [-0.1, -0.05) is 6.92 Å². The van der Waals surface area contributed by atoms with Crippen LogP contribution < -0.4 is 16.1 Å². The number of fused-ring (bicyclic) bond motifs is 1. The zero-order chi connectivity index (χ0) is 19.5. The van der Waals surface area contributed by atoms with Crippen molar-refractivity contribution in [3.05, 3.63) is 39.4 Å². The highest BCUT2D eigenvalue weighted by Crippen LogP contribution is 2.41. The largest absolute Gasteiger partial charge is 0.477 e.